The summed E-state index contributed by atoms with van der Waals surface area (Å²) in [6.07, 6.45) is 0.337. The van der Waals surface area contributed by atoms with Gasteiger partial charge in [0, 0.05) is 12.6 Å². The van der Waals surface area contributed by atoms with Crippen LogP contribution in [0.2, 0.25) is 0 Å². The van der Waals surface area contributed by atoms with Gasteiger partial charge in [-0.2, -0.15) is 0 Å². The number of primary amides is 1. The minimum Gasteiger partial charge on any atom is -0.481 e. The van der Waals surface area contributed by atoms with Crippen molar-refractivity contribution in [2.45, 2.75) is 33.2 Å². The Morgan fingerprint density at radius 3 is 2.22 bits per heavy atom. The summed E-state index contributed by atoms with van der Waals surface area (Å²) in [7, 11) is 0. The van der Waals surface area contributed by atoms with Gasteiger partial charge in [-0.3, -0.25) is 9.59 Å². The molecule has 18 heavy (non-hydrogen) atoms. The highest BCUT2D eigenvalue weighted by atomic mass is 16.4. The van der Waals surface area contributed by atoms with E-state index in [1.165, 1.54) is 4.90 Å². The zero-order valence-corrected chi connectivity index (χ0v) is 11.0. The van der Waals surface area contributed by atoms with E-state index >= 15 is 0 Å². The van der Waals surface area contributed by atoms with Crippen LogP contribution in [0, 0.1) is 5.92 Å². The highest BCUT2D eigenvalue weighted by Crippen LogP contribution is 2.01. The molecular weight excluding hydrogens is 238 g/mol. The number of nitrogens with one attached hydrogen (secondary N) is 1. The molecule has 0 aliphatic rings. The maximum Gasteiger partial charge on any atom is 0.318 e. The molecule has 0 aliphatic carbocycles. The lowest BCUT2D eigenvalue weighted by molar-refractivity contribution is -0.141. The number of rotatable bonds is 7. The minimum atomic E-state index is -0.901. The van der Waals surface area contributed by atoms with Gasteiger partial charge in [0.1, 0.15) is 6.54 Å². The van der Waals surface area contributed by atoms with Crippen LogP contribution in [0.5, 0.6) is 0 Å². The van der Waals surface area contributed by atoms with Gasteiger partial charge in [-0.05, 0) is 20.3 Å². The third-order valence-corrected chi connectivity index (χ3v) is 2.49. The Hall–Kier alpha value is -1.79. The monoisotopic (exact) mass is 259 g/mol. The summed E-state index contributed by atoms with van der Waals surface area (Å²) in [4.78, 5) is 34.4. The summed E-state index contributed by atoms with van der Waals surface area (Å²) < 4.78 is 0. The standard InChI is InChI=1S/C11H21N3O4/c1-7(2)14(6-9(12)15)11(18)13-5-4-8(3)10(16)17/h7-8H,4-6H2,1-3H3,(H2,12,15)(H,13,18)(H,16,17). The highest BCUT2D eigenvalue weighted by molar-refractivity contribution is 5.83. The normalized spacial score (nSPS) is 12.0. The molecule has 0 rings (SSSR count). The van der Waals surface area contributed by atoms with Crippen LogP contribution in [-0.2, 0) is 9.59 Å². The third kappa shape index (κ3) is 6.07. The van der Waals surface area contributed by atoms with E-state index in [0.29, 0.717) is 6.42 Å². The summed E-state index contributed by atoms with van der Waals surface area (Å²) in [6.45, 7) is 5.19. The van der Waals surface area contributed by atoms with Crippen LogP contribution in [0.4, 0.5) is 4.79 Å². The number of aliphatic carboxylic acids is 1. The van der Waals surface area contributed by atoms with Crippen molar-refractivity contribution >= 4 is 17.9 Å². The zero-order valence-electron chi connectivity index (χ0n) is 11.0. The Labute approximate surface area is 106 Å². The van der Waals surface area contributed by atoms with Crippen LogP contribution in [-0.4, -0.2) is 47.0 Å². The molecule has 0 saturated heterocycles. The van der Waals surface area contributed by atoms with Crippen LogP contribution in [0.25, 0.3) is 0 Å². The van der Waals surface area contributed by atoms with E-state index in [1.54, 1.807) is 20.8 Å². The molecule has 4 N–H and O–H groups in total. The second kappa shape index (κ2) is 7.52. The molecule has 0 bridgehead atoms. The number of nitrogens with two attached hydrogens (primary N) is 1. The Morgan fingerprint density at radius 1 is 1.28 bits per heavy atom. The molecule has 0 aromatic rings. The summed E-state index contributed by atoms with van der Waals surface area (Å²) in [5.41, 5.74) is 5.05. The first-order valence-electron chi connectivity index (χ1n) is 5.81. The van der Waals surface area contributed by atoms with Gasteiger partial charge >= 0.3 is 12.0 Å². The van der Waals surface area contributed by atoms with Crippen molar-refractivity contribution < 1.29 is 19.5 Å². The Balaban J connectivity index is 4.19. The zero-order chi connectivity index (χ0) is 14.3. The molecule has 0 radical (unpaired) electrons. The molecule has 7 nitrogen and oxygen atoms in total. The van der Waals surface area contributed by atoms with Crippen molar-refractivity contribution in [2.75, 3.05) is 13.1 Å². The fourth-order valence-electron chi connectivity index (χ4n) is 1.28. The number of hydrogen-bond acceptors (Lipinski definition) is 3. The molecule has 1 unspecified atom stereocenters. The Morgan fingerprint density at radius 2 is 1.83 bits per heavy atom. The number of amides is 3. The largest absolute Gasteiger partial charge is 0.481 e. The van der Waals surface area contributed by atoms with Crippen molar-refractivity contribution in [3.8, 4) is 0 Å². The number of carboxylic acids is 1. The van der Waals surface area contributed by atoms with Crippen LogP contribution in [0.15, 0.2) is 0 Å². The first kappa shape index (κ1) is 16.2. The van der Waals surface area contributed by atoms with E-state index in [-0.39, 0.29) is 19.1 Å². The van der Waals surface area contributed by atoms with Gasteiger partial charge in [0.25, 0.3) is 0 Å². The van der Waals surface area contributed by atoms with Gasteiger partial charge in [-0.1, -0.05) is 6.92 Å². The molecular formula is C11H21N3O4. The molecule has 3 amide bonds. The van der Waals surface area contributed by atoms with Gasteiger partial charge in [0.15, 0.2) is 0 Å². The minimum absolute atomic E-state index is 0.155. The van der Waals surface area contributed by atoms with E-state index in [2.05, 4.69) is 5.32 Å². The average Bonchev–Trinajstić information content (AvgIpc) is 2.24. The number of nitrogens with zero attached hydrogens (tertiary/aromatic N) is 1. The van der Waals surface area contributed by atoms with E-state index in [9.17, 15) is 14.4 Å². The quantitative estimate of drug-likeness (QED) is 0.597. The fraction of sp³-hybridized carbons (Fsp3) is 0.727. The average molecular weight is 259 g/mol. The lowest BCUT2D eigenvalue weighted by Crippen LogP contribution is -2.48. The number of hydrogen-bond donors (Lipinski definition) is 3. The number of carbonyl (C=O) groups excluding carboxylic acids is 2. The maximum atomic E-state index is 11.7. The van der Waals surface area contributed by atoms with E-state index in [4.69, 9.17) is 10.8 Å². The lowest BCUT2D eigenvalue weighted by atomic mass is 10.1. The van der Waals surface area contributed by atoms with Crippen molar-refractivity contribution in [2.24, 2.45) is 11.7 Å². The molecule has 1 atom stereocenters. The SMILES string of the molecule is CC(CCNC(=O)N(CC(N)=O)C(C)C)C(=O)O. The maximum absolute atomic E-state index is 11.7. The first-order valence-corrected chi connectivity index (χ1v) is 5.81. The summed E-state index contributed by atoms with van der Waals surface area (Å²) in [5.74, 6) is -2.01. The molecule has 0 fully saturated rings. The smallest absolute Gasteiger partial charge is 0.318 e. The van der Waals surface area contributed by atoms with Gasteiger partial charge < -0.3 is 21.1 Å². The number of carboxylic acid groups (broad SMARTS) is 1. The highest BCUT2D eigenvalue weighted by Gasteiger charge is 2.19. The Bertz CT molecular complexity index is 317. The van der Waals surface area contributed by atoms with Crippen molar-refractivity contribution in [1.29, 1.82) is 0 Å². The summed E-state index contributed by atoms with van der Waals surface area (Å²) in [5, 5.41) is 11.3. The molecule has 0 aromatic carbocycles. The fourth-order valence-corrected chi connectivity index (χ4v) is 1.28. The molecule has 0 aromatic heterocycles. The Kier molecular flexibility index (Phi) is 6.77. The van der Waals surface area contributed by atoms with Crippen molar-refractivity contribution in [1.82, 2.24) is 10.2 Å². The van der Waals surface area contributed by atoms with E-state index < -0.39 is 23.8 Å². The first-order chi connectivity index (χ1) is 8.25. The second-order valence-electron chi connectivity index (χ2n) is 4.45. The topological polar surface area (TPSA) is 113 Å². The summed E-state index contributed by atoms with van der Waals surface area (Å²) >= 11 is 0. The molecule has 0 heterocycles. The molecule has 7 heteroatoms. The molecule has 0 spiro atoms. The van der Waals surface area contributed by atoms with Gasteiger partial charge in [-0.25, -0.2) is 4.79 Å². The van der Waals surface area contributed by atoms with Crippen molar-refractivity contribution in [3.63, 3.8) is 0 Å². The number of urea groups is 1. The van der Waals surface area contributed by atoms with Crippen LogP contribution >= 0.6 is 0 Å². The van der Waals surface area contributed by atoms with Crippen LogP contribution in [0.3, 0.4) is 0 Å². The van der Waals surface area contributed by atoms with Crippen molar-refractivity contribution in [3.05, 3.63) is 0 Å². The second-order valence-corrected chi connectivity index (χ2v) is 4.45. The van der Waals surface area contributed by atoms with Gasteiger partial charge in [0.2, 0.25) is 5.91 Å². The molecule has 104 valence electrons. The van der Waals surface area contributed by atoms with Crippen LogP contribution in [0.1, 0.15) is 27.2 Å². The third-order valence-electron chi connectivity index (χ3n) is 2.49. The predicted molar refractivity (Wildman–Crippen MR) is 65.9 cm³/mol. The van der Waals surface area contributed by atoms with Gasteiger partial charge in [-0.15, -0.1) is 0 Å². The lowest BCUT2D eigenvalue weighted by Gasteiger charge is -2.25. The van der Waals surface area contributed by atoms with Crippen LogP contribution < -0.4 is 11.1 Å². The van der Waals surface area contributed by atoms with E-state index in [1.807, 2.05) is 0 Å². The number of carbonyl (C=O) groups is 3. The van der Waals surface area contributed by atoms with Gasteiger partial charge in [0.05, 0.1) is 5.92 Å². The molecule has 0 aliphatic heterocycles. The summed E-state index contributed by atoms with van der Waals surface area (Å²) in [6, 6.07) is -0.573. The predicted octanol–water partition coefficient (Wildman–Crippen LogP) is 0.00250. The van der Waals surface area contributed by atoms with E-state index in [0.717, 1.165) is 0 Å². The molecule has 0 saturated carbocycles.